The average molecular weight is 711 g/mol. The van der Waals surface area contributed by atoms with Crippen LogP contribution in [-0.4, -0.2) is 74.5 Å². The van der Waals surface area contributed by atoms with E-state index < -0.39 is 17.3 Å². The average Bonchev–Trinajstić information content (AvgIpc) is 3.42. The number of aromatic nitrogens is 2. The Hall–Kier alpha value is -3.92. The summed E-state index contributed by atoms with van der Waals surface area (Å²) >= 11 is 0. The number of rotatable bonds is 6. The lowest BCUT2D eigenvalue weighted by atomic mass is 9.44. The minimum atomic E-state index is -0.879. The van der Waals surface area contributed by atoms with Crippen molar-refractivity contribution in [2.45, 2.75) is 96.5 Å². The van der Waals surface area contributed by atoms with Crippen molar-refractivity contribution in [1.29, 1.82) is 0 Å². The second-order valence-corrected chi connectivity index (χ2v) is 17.1. The molecule has 2 N–H and O–H groups in total. The molecule has 52 heavy (non-hydrogen) atoms. The second kappa shape index (κ2) is 13.2. The molecule has 1 unspecified atom stereocenters. The Morgan fingerprint density at radius 1 is 0.923 bits per heavy atom. The van der Waals surface area contributed by atoms with Gasteiger partial charge in [-0.2, -0.15) is 5.10 Å². The van der Waals surface area contributed by atoms with Gasteiger partial charge in [0, 0.05) is 57.2 Å². The van der Waals surface area contributed by atoms with Crippen LogP contribution in [0.25, 0.3) is 10.8 Å². The van der Waals surface area contributed by atoms with Gasteiger partial charge in [0.05, 0.1) is 22.2 Å². The van der Waals surface area contributed by atoms with Gasteiger partial charge in [-0.3, -0.25) is 19.2 Å². The third kappa shape index (κ3) is 5.80. The molecule has 276 valence electrons. The summed E-state index contributed by atoms with van der Waals surface area (Å²) in [6, 6.07) is 11.7. The number of carbonyl (C=O) groups excluding carboxylic acids is 3. The zero-order valence-corrected chi connectivity index (χ0v) is 30.5. The molecule has 4 saturated carbocycles. The number of benzene rings is 2. The SMILES string of the molecule is C[C@@]12CCC(=O)C[C@H]1CC[C@@H]1C3CC[C@](O)(CCC(=O)N4CCN(C(=O)c5cc(Cc6n[nH]c(=O)c7ccccc67)ccc5F)CC4)[C@]3(C)CC[C@H]12. The number of ketones is 1. The molecule has 4 aliphatic carbocycles. The first-order chi connectivity index (χ1) is 24.9. The molecule has 9 nitrogen and oxygen atoms in total. The van der Waals surface area contributed by atoms with E-state index in [0.29, 0.717) is 96.9 Å². The van der Waals surface area contributed by atoms with Crippen LogP contribution in [0, 0.1) is 40.3 Å². The summed E-state index contributed by atoms with van der Waals surface area (Å²) in [5, 5.41) is 20.2. The highest BCUT2D eigenvalue weighted by Gasteiger charge is 2.64. The maximum absolute atomic E-state index is 15.0. The van der Waals surface area contributed by atoms with Crippen molar-refractivity contribution >= 4 is 28.4 Å². The quantitative estimate of drug-likeness (QED) is 0.321. The minimum absolute atomic E-state index is 0.00467. The van der Waals surface area contributed by atoms with Crippen molar-refractivity contribution in [3.8, 4) is 0 Å². The standard InChI is InChI=1S/C42H51FN4O5/c1-40-15-11-28(48)25-27(40)8-9-31-33(40)12-16-41(2)34(31)13-17-42(41,52)18-14-37(49)46-19-21-47(22-20-46)39(51)32-23-26(7-10-35(32)43)24-36-29-5-3-4-6-30(29)38(50)45-44-36/h3-7,10,23,27,31,33-34,52H,8-9,11-22,24-25H2,1-2H3,(H,45,50)/t27-,31+,33-,34?,40-,41-,42+/m1/s1. The topological polar surface area (TPSA) is 124 Å². The van der Waals surface area contributed by atoms with Gasteiger partial charge in [-0.1, -0.05) is 38.1 Å². The predicted molar refractivity (Wildman–Crippen MR) is 195 cm³/mol. The van der Waals surface area contributed by atoms with Crippen molar-refractivity contribution in [2.75, 3.05) is 26.2 Å². The summed E-state index contributed by atoms with van der Waals surface area (Å²) < 4.78 is 15.0. The van der Waals surface area contributed by atoms with Gasteiger partial charge in [-0.15, -0.1) is 0 Å². The van der Waals surface area contributed by atoms with E-state index in [0.717, 1.165) is 51.4 Å². The molecule has 1 aliphatic heterocycles. The third-order valence-corrected chi connectivity index (χ3v) is 14.9. The molecule has 5 aliphatic rings. The van der Waals surface area contributed by atoms with Crippen LogP contribution in [0.4, 0.5) is 4.39 Å². The van der Waals surface area contributed by atoms with E-state index in [1.165, 1.54) is 6.07 Å². The van der Waals surface area contributed by atoms with Crippen LogP contribution in [0.3, 0.4) is 0 Å². The molecule has 2 aromatic carbocycles. The maximum atomic E-state index is 15.0. The Labute approximate surface area is 304 Å². The first kappa shape index (κ1) is 35.1. The van der Waals surface area contributed by atoms with Gasteiger partial charge in [0.2, 0.25) is 5.91 Å². The summed E-state index contributed by atoms with van der Waals surface area (Å²) in [5.41, 5.74) is 0.161. The molecule has 0 spiro atoms. The zero-order chi connectivity index (χ0) is 36.4. The van der Waals surface area contributed by atoms with Crippen molar-refractivity contribution in [3.05, 3.63) is 75.5 Å². The number of Topliss-reactive ketones (excluding diaryl/α,β-unsaturated/α-hetero) is 1. The smallest absolute Gasteiger partial charge is 0.272 e. The highest BCUT2D eigenvalue weighted by molar-refractivity contribution is 5.95. The fourth-order valence-corrected chi connectivity index (χ4v) is 11.7. The fraction of sp³-hybridized carbons (Fsp3) is 0.595. The van der Waals surface area contributed by atoms with E-state index in [-0.39, 0.29) is 34.3 Å². The van der Waals surface area contributed by atoms with Crippen molar-refractivity contribution in [1.82, 2.24) is 20.0 Å². The summed E-state index contributed by atoms with van der Waals surface area (Å²) in [4.78, 5) is 55.0. The molecule has 2 amide bonds. The lowest BCUT2D eigenvalue weighted by molar-refractivity contribution is -0.160. The van der Waals surface area contributed by atoms with Gasteiger partial charge in [-0.05, 0) is 110 Å². The number of piperazine rings is 1. The number of fused-ring (bicyclic) bond motifs is 6. The van der Waals surface area contributed by atoms with Gasteiger partial charge < -0.3 is 14.9 Å². The maximum Gasteiger partial charge on any atom is 0.272 e. The Morgan fingerprint density at radius 2 is 1.65 bits per heavy atom. The molecule has 0 bridgehead atoms. The highest BCUT2D eigenvalue weighted by Crippen LogP contribution is 2.68. The van der Waals surface area contributed by atoms with Crippen molar-refractivity contribution in [3.63, 3.8) is 0 Å². The van der Waals surface area contributed by atoms with E-state index in [9.17, 15) is 24.3 Å². The van der Waals surface area contributed by atoms with Gasteiger partial charge in [-0.25, -0.2) is 9.49 Å². The normalized spacial score (nSPS) is 33.0. The lowest BCUT2D eigenvalue weighted by Crippen LogP contribution is -2.56. The first-order valence-corrected chi connectivity index (χ1v) is 19.5. The Balaban J connectivity index is 0.873. The van der Waals surface area contributed by atoms with Gasteiger partial charge in [0.25, 0.3) is 11.5 Å². The van der Waals surface area contributed by atoms with E-state index >= 15 is 4.39 Å². The molecule has 10 heteroatoms. The highest BCUT2D eigenvalue weighted by atomic mass is 19.1. The Kier molecular flexibility index (Phi) is 8.91. The number of amides is 2. The lowest BCUT2D eigenvalue weighted by Gasteiger charge is -2.61. The number of nitrogens with one attached hydrogen (secondary N) is 1. The largest absolute Gasteiger partial charge is 0.389 e. The Bertz CT molecular complexity index is 1970. The molecule has 1 saturated heterocycles. The van der Waals surface area contributed by atoms with Crippen molar-refractivity contribution < 1.29 is 23.9 Å². The molecule has 3 aromatic rings. The number of hydrogen-bond donors (Lipinski definition) is 2. The molecule has 7 atom stereocenters. The van der Waals surface area contributed by atoms with Crippen LogP contribution in [-0.2, 0) is 16.0 Å². The Morgan fingerprint density at radius 3 is 2.44 bits per heavy atom. The van der Waals surface area contributed by atoms with Crippen LogP contribution >= 0.6 is 0 Å². The predicted octanol–water partition coefficient (Wildman–Crippen LogP) is 6.06. The van der Waals surface area contributed by atoms with Crippen LogP contribution in [0.1, 0.15) is 106 Å². The van der Waals surface area contributed by atoms with Crippen molar-refractivity contribution in [2.24, 2.45) is 34.5 Å². The van der Waals surface area contributed by atoms with Gasteiger partial charge >= 0.3 is 0 Å². The van der Waals surface area contributed by atoms with Crippen LogP contribution in [0.2, 0.25) is 0 Å². The molecule has 8 rings (SSSR count). The number of nitrogens with zero attached hydrogens (tertiary/aromatic N) is 3. The summed E-state index contributed by atoms with van der Waals surface area (Å²) in [6.45, 7) is 6.06. The number of hydrogen-bond acceptors (Lipinski definition) is 6. The number of aliphatic hydroxyl groups is 1. The molecule has 5 fully saturated rings. The van der Waals surface area contributed by atoms with Gasteiger partial charge in [0.15, 0.2) is 0 Å². The zero-order valence-electron chi connectivity index (χ0n) is 30.5. The first-order valence-electron chi connectivity index (χ1n) is 19.5. The molecule has 2 heterocycles. The number of aromatic amines is 1. The fourth-order valence-electron chi connectivity index (χ4n) is 11.7. The van der Waals surface area contributed by atoms with E-state index in [2.05, 4.69) is 24.0 Å². The third-order valence-electron chi connectivity index (χ3n) is 14.9. The van der Waals surface area contributed by atoms with Gasteiger partial charge in [0.1, 0.15) is 11.6 Å². The molecular weight excluding hydrogens is 659 g/mol. The van der Waals surface area contributed by atoms with Crippen LogP contribution in [0.15, 0.2) is 47.3 Å². The van der Waals surface area contributed by atoms with Crippen LogP contribution < -0.4 is 5.56 Å². The summed E-state index contributed by atoms with van der Waals surface area (Å²) in [5.74, 6) is 1.55. The monoisotopic (exact) mass is 710 g/mol. The second-order valence-electron chi connectivity index (χ2n) is 17.1. The number of carbonyl (C=O) groups is 3. The molecule has 0 radical (unpaired) electrons. The summed E-state index contributed by atoms with van der Waals surface area (Å²) in [7, 11) is 0. The summed E-state index contributed by atoms with van der Waals surface area (Å²) in [6.07, 6.45) is 9.55. The van der Waals surface area contributed by atoms with Crippen LogP contribution in [0.5, 0.6) is 0 Å². The van der Waals surface area contributed by atoms with E-state index in [1.54, 1.807) is 34.1 Å². The van der Waals surface area contributed by atoms with E-state index in [1.807, 2.05) is 12.1 Å². The van der Waals surface area contributed by atoms with E-state index in [4.69, 9.17) is 0 Å². The number of H-pyrrole nitrogens is 1. The molecule has 1 aromatic heterocycles. The number of halogens is 1. The molecular formula is C42H51FN4O5. The minimum Gasteiger partial charge on any atom is -0.389 e.